The van der Waals surface area contributed by atoms with Crippen LogP contribution in [0.25, 0.3) is 5.76 Å². The van der Waals surface area contributed by atoms with Crippen molar-refractivity contribution in [3.63, 3.8) is 0 Å². The molecule has 222 valence electrons. The fourth-order valence-electron chi connectivity index (χ4n) is 4.48. The highest BCUT2D eigenvalue weighted by molar-refractivity contribution is 8.00. The third kappa shape index (κ3) is 6.50. The molecule has 1 aliphatic rings. The van der Waals surface area contributed by atoms with Gasteiger partial charge in [-0.05, 0) is 73.5 Å². The van der Waals surface area contributed by atoms with Crippen LogP contribution in [-0.2, 0) is 15.3 Å². The molecule has 3 aromatic carbocycles. The predicted molar refractivity (Wildman–Crippen MR) is 166 cm³/mol. The molecule has 4 aromatic rings. The monoisotopic (exact) mass is 659 g/mol. The summed E-state index contributed by atoms with van der Waals surface area (Å²) in [6.07, 6.45) is 0. The second kappa shape index (κ2) is 13.3. The van der Waals surface area contributed by atoms with E-state index in [-0.39, 0.29) is 16.3 Å². The number of hydrogen-bond donors (Lipinski definition) is 1. The number of carbonyl (C=O) groups is 2. The molecule has 0 aliphatic carbocycles. The molecule has 1 aliphatic heterocycles. The van der Waals surface area contributed by atoms with Gasteiger partial charge in [0.05, 0.1) is 24.8 Å². The van der Waals surface area contributed by atoms with E-state index in [0.717, 1.165) is 29.0 Å². The first kappa shape index (κ1) is 30.8. The number of aromatic nitrogens is 2. The summed E-state index contributed by atoms with van der Waals surface area (Å²) in [5.74, 6) is -1.42. The average Bonchev–Trinajstić information content (AvgIpc) is 3.55. The highest BCUT2D eigenvalue weighted by atomic mass is 35.5. The van der Waals surface area contributed by atoms with E-state index in [4.69, 9.17) is 32.7 Å². The molecule has 0 spiro atoms. The van der Waals surface area contributed by atoms with Crippen LogP contribution in [0.5, 0.6) is 11.5 Å². The number of amides is 1. The number of anilines is 1. The Labute approximate surface area is 265 Å². The van der Waals surface area contributed by atoms with Crippen LogP contribution < -0.4 is 14.4 Å². The number of aliphatic hydroxyl groups excluding tert-OH is 1. The van der Waals surface area contributed by atoms with Crippen molar-refractivity contribution < 1.29 is 28.6 Å². The zero-order chi connectivity index (χ0) is 30.7. The van der Waals surface area contributed by atoms with Gasteiger partial charge in [0.15, 0.2) is 15.8 Å². The minimum Gasteiger partial charge on any atom is -0.507 e. The fraction of sp³-hybridized carbons (Fsp3) is 0.200. The molecule has 1 amide bonds. The minimum atomic E-state index is -1.09. The smallest absolute Gasteiger partial charge is 0.301 e. The number of thioether (sulfide) groups is 1. The van der Waals surface area contributed by atoms with Crippen LogP contribution in [0.15, 0.2) is 70.6 Å². The summed E-state index contributed by atoms with van der Waals surface area (Å²) in [5, 5.41) is 21.0. The van der Waals surface area contributed by atoms with Crippen LogP contribution in [0.1, 0.15) is 36.6 Å². The number of nitrogens with zero attached hydrogens (tertiary/aromatic N) is 3. The SMILES string of the molecule is CCOc1ccc(C2/C(=C(\O)c3ccc(F)cc3)C(=O)C(=O)N2c2nnc(SCc3ccc(Cl)cc3Cl)s2)cc1OCC. The Balaban J connectivity index is 1.57. The molecule has 2 heterocycles. The quantitative estimate of drug-likeness (QED) is 0.0607. The number of aliphatic hydroxyl groups is 1. The van der Waals surface area contributed by atoms with E-state index in [1.54, 1.807) is 30.3 Å². The molecule has 0 bridgehead atoms. The summed E-state index contributed by atoms with van der Waals surface area (Å²) in [7, 11) is 0. The Morgan fingerprint density at radius 2 is 1.72 bits per heavy atom. The molecule has 8 nitrogen and oxygen atoms in total. The largest absolute Gasteiger partial charge is 0.507 e. The molecule has 5 rings (SSSR count). The van der Waals surface area contributed by atoms with Gasteiger partial charge in [-0.1, -0.05) is 58.4 Å². The number of hydrogen-bond acceptors (Lipinski definition) is 9. The number of carbonyl (C=O) groups excluding carboxylic acids is 2. The normalized spacial score (nSPS) is 16.1. The molecule has 0 radical (unpaired) electrons. The standard InChI is InChI=1S/C30H24Cl2FN3O5S2/c1-3-40-22-12-8-17(13-23(22)41-4-2)25-24(26(37)16-6-10-20(33)11-7-16)27(38)28(39)36(25)29-34-35-30(43-29)42-15-18-5-9-19(31)14-21(18)32/h5-14,25,37H,3-4,15H2,1-2H3/b26-24+. The van der Waals surface area contributed by atoms with Gasteiger partial charge < -0.3 is 14.6 Å². The first-order valence-electron chi connectivity index (χ1n) is 13.1. The topological polar surface area (TPSA) is 102 Å². The summed E-state index contributed by atoms with van der Waals surface area (Å²) in [6.45, 7) is 4.40. The van der Waals surface area contributed by atoms with Crippen LogP contribution in [0, 0.1) is 5.82 Å². The molecule has 1 atom stereocenters. The highest BCUT2D eigenvalue weighted by Gasteiger charge is 2.48. The maximum Gasteiger partial charge on any atom is 0.301 e. The molecule has 0 saturated carbocycles. The number of ketones is 1. The summed E-state index contributed by atoms with van der Waals surface area (Å²) >= 11 is 14.8. The summed E-state index contributed by atoms with van der Waals surface area (Å²) < 4.78 is 25.6. The molecule has 1 saturated heterocycles. The molecule has 1 unspecified atom stereocenters. The number of halogens is 3. The molecule has 1 fully saturated rings. The lowest BCUT2D eigenvalue weighted by molar-refractivity contribution is -0.132. The van der Waals surface area contributed by atoms with E-state index in [0.29, 0.717) is 50.4 Å². The van der Waals surface area contributed by atoms with Crippen molar-refractivity contribution in [2.45, 2.75) is 30.0 Å². The summed E-state index contributed by atoms with van der Waals surface area (Å²) in [6, 6.07) is 14.1. The van der Waals surface area contributed by atoms with E-state index in [1.807, 2.05) is 19.9 Å². The first-order valence-corrected chi connectivity index (χ1v) is 15.6. The van der Waals surface area contributed by atoms with Gasteiger partial charge in [-0.2, -0.15) is 0 Å². The molecule has 1 aromatic heterocycles. The second-order valence-corrected chi connectivity index (χ2v) is 12.1. The van der Waals surface area contributed by atoms with E-state index in [1.165, 1.54) is 28.8 Å². The minimum absolute atomic E-state index is 0.154. The van der Waals surface area contributed by atoms with Crippen LogP contribution >= 0.6 is 46.3 Å². The van der Waals surface area contributed by atoms with Gasteiger partial charge in [-0.25, -0.2) is 4.39 Å². The highest BCUT2D eigenvalue weighted by Crippen LogP contribution is 2.46. The molecule has 1 N–H and O–H groups in total. The Morgan fingerprint density at radius 1 is 1.00 bits per heavy atom. The Morgan fingerprint density at radius 3 is 2.42 bits per heavy atom. The van der Waals surface area contributed by atoms with Crippen LogP contribution in [0.3, 0.4) is 0 Å². The predicted octanol–water partition coefficient (Wildman–Crippen LogP) is 7.70. The summed E-state index contributed by atoms with van der Waals surface area (Å²) in [5.41, 5.74) is 1.30. The third-order valence-electron chi connectivity index (χ3n) is 6.41. The van der Waals surface area contributed by atoms with Crippen LogP contribution in [0.2, 0.25) is 10.0 Å². The van der Waals surface area contributed by atoms with Gasteiger partial charge in [-0.15, -0.1) is 10.2 Å². The van der Waals surface area contributed by atoms with Crippen LogP contribution in [0.4, 0.5) is 9.52 Å². The maximum atomic E-state index is 13.6. The van der Waals surface area contributed by atoms with E-state index in [9.17, 15) is 19.1 Å². The van der Waals surface area contributed by atoms with Crippen molar-refractivity contribution in [3.8, 4) is 11.5 Å². The first-order chi connectivity index (χ1) is 20.7. The number of Topliss-reactive ketones (excluding diaryl/α,β-unsaturated/α-hetero) is 1. The van der Waals surface area contributed by atoms with Crippen molar-refractivity contribution in [1.82, 2.24) is 10.2 Å². The summed E-state index contributed by atoms with van der Waals surface area (Å²) in [4.78, 5) is 28.3. The average molecular weight is 661 g/mol. The van der Waals surface area contributed by atoms with Crippen molar-refractivity contribution in [2.24, 2.45) is 0 Å². The third-order valence-corrected chi connectivity index (χ3v) is 9.11. The Kier molecular flexibility index (Phi) is 9.55. The van der Waals surface area contributed by atoms with Crippen LogP contribution in [-0.4, -0.2) is 40.2 Å². The van der Waals surface area contributed by atoms with Gasteiger partial charge >= 0.3 is 5.91 Å². The number of benzene rings is 3. The molecular formula is C30H24Cl2FN3O5S2. The fourth-order valence-corrected chi connectivity index (χ4v) is 6.91. The lowest BCUT2D eigenvalue weighted by Crippen LogP contribution is -2.29. The Hall–Kier alpha value is -3.64. The zero-order valence-electron chi connectivity index (χ0n) is 22.8. The van der Waals surface area contributed by atoms with Crippen molar-refractivity contribution in [3.05, 3.63) is 98.8 Å². The maximum absolute atomic E-state index is 13.6. The second-order valence-electron chi connectivity index (χ2n) is 9.12. The number of rotatable bonds is 10. The zero-order valence-corrected chi connectivity index (χ0v) is 26.0. The number of ether oxygens (including phenoxy) is 2. The van der Waals surface area contributed by atoms with E-state index in [2.05, 4.69) is 10.2 Å². The van der Waals surface area contributed by atoms with Gasteiger partial charge in [0.25, 0.3) is 5.78 Å². The molecular weight excluding hydrogens is 636 g/mol. The lowest BCUT2D eigenvalue weighted by Gasteiger charge is -2.23. The van der Waals surface area contributed by atoms with E-state index >= 15 is 0 Å². The van der Waals surface area contributed by atoms with E-state index < -0.39 is 29.3 Å². The van der Waals surface area contributed by atoms with Crippen molar-refractivity contribution in [2.75, 3.05) is 18.1 Å². The molecule has 13 heteroatoms. The Bertz CT molecular complexity index is 1710. The van der Waals surface area contributed by atoms with Gasteiger partial charge in [0.1, 0.15) is 11.6 Å². The van der Waals surface area contributed by atoms with Gasteiger partial charge in [0.2, 0.25) is 5.13 Å². The van der Waals surface area contributed by atoms with Crippen molar-refractivity contribution in [1.29, 1.82) is 0 Å². The van der Waals surface area contributed by atoms with Crippen molar-refractivity contribution >= 4 is 68.9 Å². The lowest BCUT2D eigenvalue weighted by atomic mass is 9.95. The van der Waals surface area contributed by atoms with Gasteiger partial charge in [0, 0.05) is 21.4 Å². The van der Waals surface area contributed by atoms with Gasteiger partial charge in [-0.3, -0.25) is 14.5 Å². The molecule has 43 heavy (non-hydrogen) atoms.